The van der Waals surface area contributed by atoms with E-state index >= 15 is 0 Å². The second kappa shape index (κ2) is 6.79. The van der Waals surface area contributed by atoms with Crippen LogP contribution in [0.5, 0.6) is 5.75 Å². The van der Waals surface area contributed by atoms with Crippen molar-refractivity contribution < 1.29 is 13.5 Å². The third-order valence-electron chi connectivity index (χ3n) is 4.16. The Kier molecular flexibility index (Phi) is 5.27. The molecule has 1 aromatic carbocycles. The van der Waals surface area contributed by atoms with E-state index in [4.69, 9.17) is 0 Å². The number of aromatic hydroxyl groups is 1. The highest BCUT2D eigenvalue weighted by Gasteiger charge is 2.33. The predicted octanol–water partition coefficient (Wildman–Crippen LogP) is 1.98. The Morgan fingerprint density at radius 1 is 1.29 bits per heavy atom. The molecule has 4 nitrogen and oxygen atoms in total. The molecule has 0 saturated carbocycles. The zero-order valence-corrected chi connectivity index (χ0v) is 13.6. The van der Waals surface area contributed by atoms with Crippen molar-refractivity contribution in [1.82, 2.24) is 5.32 Å². The topological polar surface area (TPSA) is 66.4 Å². The minimum absolute atomic E-state index is 0.232. The third-order valence-corrected chi connectivity index (χ3v) is 5.95. The van der Waals surface area contributed by atoms with E-state index in [1.807, 2.05) is 12.1 Å². The van der Waals surface area contributed by atoms with Gasteiger partial charge in [-0.25, -0.2) is 8.42 Å². The molecule has 0 amide bonds. The van der Waals surface area contributed by atoms with Gasteiger partial charge in [0.2, 0.25) is 0 Å². The molecule has 2 rings (SSSR count). The normalized spacial score (nSPS) is 22.5. The van der Waals surface area contributed by atoms with Crippen LogP contribution in [0.1, 0.15) is 25.8 Å². The van der Waals surface area contributed by atoms with Crippen molar-refractivity contribution in [2.45, 2.75) is 32.7 Å². The van der Waals surface area contributed by atoms with E-state index in [2.05, 4.69) is 19.2 Å². The first-order valence-electron chi connectivity index (χ1n) is 7.57. The molecule has 1 aromatic rings. The summed E-state index contributed by atoms with van der Waals surface area (Å²) < 4.78 is 23.5. The van der Waals surface area contributed by atoms with E-state index in [1.165, 1.54) is 0 Å². The summed E-state index contributed by atoms with van der Waals surface area (Å²) in [5.74, 6) is 1.45. The van der Waals surface area contributed by atoms with Gasteiger partial charge in [-0.2, -0.15) is 0 Å². The molecule has 1 fully saturated rings. The highest BCUT2D eigenvalue weighted by molar-refractivity contribution is 7.91. The zero-order chi connectivity index (χ0) is 15.5. The number of hydrogen-bond donors (Lipinski definition) is 2. The van der Waals surface area contributed by atoms with E-state index in [0.717, 1.165) is 24.9 Å². The van der Waals surface area contributed by atoms with Crippen LogP contribution in [0, 0.1) is 11.8 Å². The number of rotatable bonds is 6. The van der Waals surface area contributed by atoms with Crippen molar-refractivity contribution in [3.63, 3.8) is 0 Å². The van der Waals surface area contributed by atoms with E-state index < -0.39 is 9.84 Å². The van der Waals surface area contributed by atoms with Gasteiger partial charge in [0.15, 0.2) is 9.84 Å². The number of hydrogen-bond acceptors (Lipinski definition) is 4. The lowest BCUT2D eigenvalue weighted by molar-refractivity contribution is 0.333. The first-order valence-corrected chi connectivity index (χ1v) is 9.39. The van der Waals surface area contributed by atoms with Crippen molar-refractivity contribution in [1.29, 1.82) is 0 Å². The Morgan fingerprint density at radius 3 is 2.48 bits per heavy atom. The molecule has 1 aliphatic heterocycles. The van der Waals surface area contributed by atoms with E-state index in [-0.39, 0.29) is 11.7 Å². The Labute approximate surface area is 127 Å². The number of sulfone groups is 1. The Balaban J connectivity index is 2.06. The van der Waals surface area contributed by atoms with Crippen LogP contribution in [-0.2, 0) is 16.3 Å². The summed E-state index contributed by atoms with van der Waals surface area (Å²) in [5, 5.41) is 12.8. The van der Waals surface area contributed by atoms with Gasteiger partial charge in [-0.1, -0.05) is 26.0 Å². The van der Waals surface area contributed by atoms with Gasteiger partial charge < -0.3 is 10.4 Å². The van der Waals surface area contributed by atoms with Gasteiger partial charge >= 0.3 is 0 Å². The smallest absolute Gasteiger partial charge is 0.150 e. The molecule has 0 bridgehead atoms. The van der Waals surface area contributed by atoms with Gasteiger partial charge in [-0.05, 0) is 48.9 Å². The average molecular weight is 311 g/mol. The largest absolute Gasteiger partial charge is 0.508 e. The van der Waals surface area contributed by atoms with Crippen molar-refractivity contribution >= 4 is 9.84 Å². The minimum Gasteiger partial charge on any atom is -0.508 e. The maximum absolute atomic E-state index is 11.7. The van der Waals surface area contributed by atoms with Crippen molar-refractivity contribution in [2.75, 3.05) is 18.1 Å². The lowest BCUT2D eigenvalue weighted by Crippen LogP contribution is -2.34. The molecule has 0 radical (unpaired) electrons. The fourth-order valence-electron chi connectivity index (χ4n) is 2.92. The molecule has 0 spiro atoms. The second-order valence-corrected chi connectivity index (χ2v) is 8.59. The van der Waals surface area contributed by atoms with Crippen molar-refractivity contribution in [3.8, 4) is 5.75 Å². The fraction of sp³-hybridized carbons (Fsp3) is 0.625. The Bertz CT molecular complexity index is 551. The Morgan fingerprint density at radius 2 is 1.95 bits per heavy atom. The minimum atomic E-state index is -2.85. The quantitative estimate of drug-likeness (QED) is 0.843. The van der Waals surface area contributed by atoms with Crippen LogP contribution in [0.2, 0.25) is 0 Å². The van der Waals surface area contributed by atoms with Crippen LogP contribution in [-0.4, -0.2) is 37.6 Å². The average Bonchev–Trinajstić information content (AvgIpc) is 2.77. The molecule has 0 aliphatic carbocycles. The molecule has 2 atom stereocenters. The molecule has 5 heteroatoms. The van der Waals surface area contributed by atoms with Crippen LogP contribution in [0.25, 0.3) is 0 Å². The first kappa shape index (κ1) is 16.3. The van der Waals surface area contributed by atoms with E-state index in [1.54, 1.807) is 12.1 Å². The van der Waals surface area contributed by atoms with Gasteiger partial charge in [0, 0.05) is 6.04 Å². The molecule has 118 valence electrons. The number of phenolic OH excluding ortho intramolecular Hbond substituents is 1. The third kappa shape index (κ3) is 5.00. The highest BCUT2D eigenvalue weighted by Crippen LogP contribution is 2.28. The first-order chi connectivity index (χ1) is 9.85. The van der Waals surface area contributed by atoms with Crippen LogP contribution >= 0.6 is 0 Å². The van der Waals surface area contributed by atoms with Crippen molar-refractivity contribution in [3.05, 3.63) is 29.8 Å². The summed E-state index contributed by atoms with van der Waals surface area (Å²) >= 11 is 0. The van der Waals surface area contributed by atoms with Gasteiger partial charge in [0.1, 0.15) is 5.75 Å². The summed E-state index contributed by atoms with van der Waals surface area (Å²) in [6, 6.07) is 7.61. The molecule has 1 heterocycles. The number of nitrogens with one attached hydrogen (secondary N) is 1. The molecular weight excluding hydrogens is 286 g/mol. The summed E-state index contributed by atoms with van der Waals surface area (Å²) in [7, 11) is -2.85. The molecular formula is C16H25NO3S. The summed E-state index contributed by atoms with van der Waals surface area (Å²) in [6.07, 6.45) is 1.62. The van der Waals surface area contributed by atoms with Gasteiger partial charge in [-0.15, -0.1) is 0 Å². The van der Waals surface area contributed by atoms with E-state index in [9.17, 15) is 13.5 Å². The summed E-state index contributed by atoms with van der Waals surface area (Å²) in [4.78, 5) is 0. The number of benzene rings is 1. The van der Waals surface area contributed by atoms with Gasteiger partial charge in [-0.3, -0.25) is 0 Å². The standard InChI is InChI=1S/C16H25NO3S/c1-12(2)17-10-15(14-7-8-21(19,20)11-14)9-13-3-5-16(18)6-4-13/h3-6,12,14-15,17-18H,7-11H2,1-2H3. The molecule has 0 aromatic heterocycles. The van der Waals surface area contributed by atoms with Gasteiger partial charge in [0.25, 0.3) is 0 Å². The summed E-state index contributed by atoms with van der Waals surface area (Å²) in [5.41, 5.74) is 1.15. The van der Waals surface area contributed by atoms with Crippen LogP contribution < -0.4 is 5.32 Å². The predicted molar refractivity (Wildman–Crippen MR) is 85.2 cm³/mol. The Hall–Kier alpha value is -1.07. The second-order valence-electron chi connectivity index (χ2n) is 6.36. The maximum atomic E-state index is 11.7. The molecule has 21 heavy (non-hydrogen) atoms. The van der Waals surface area contributed by atoms with Crippen molar-refractivity contribution in [2.24, 2.45) is 11.8 Å². The summed E-state index contributed by atoms with van der Waals surface area (Å²) in [6.45, 7) is 5.03. The van der Waals surface area contributed by atoms with Crippen LogP contribution in [0.15, 0.2) is 24.3 Å². The SMILES string of the molecule is CC(C)NCC(Cc1ccc(O)cc1)C1CCS(=O)(=O)C1. The monoisotopic (exact) mass is 311 g/mol. The molecule has 2 unspecified atom stereocenters. The van der Waals surface area contributed by atoms with Crippen LogP contribution in [0.4, 0.5) is 0 Å². The molecule has 2 N–H and O–H groups in total. The van der Waals surface area contributed by atoms with Crippen LogP contribution in [0.3, 0.4) is 0 Å². The maximum Gasteiger partial charge on any atom is 0.150 e. The van der Waals surface area contributed by atoms with Gasteiger partial charge in [0.05, 0.1) is 11.5 Å². The van der Waals surface area contributed by atoms with E-state index in [0.29, 0.717) is 23.5 Å². The highest BCUT2D eigenvalue weighted by atomic mass is 32.2. The fourth-order valence-corrected chi connectivity index (χ4v) is 4.84. The number of phenols is 1. The lowest BCUT2D eigenvalue weighted by atomic mass is 9.86. The molecule has 1 aliphatic rings. The zero-order valence-electron chi connectivity index (χ0n) is 12.7. The lowest BCUT2D eigenvalue weighted by Gasteiger charge is -2.24. The molecule has 1 saturated heterocycles.